The normalized spacial score (nSPS) is 27.6. The number of anilines is 1. The van der Waals surface area contributed by atoms with E-state index in [0.29, 0.717) is 19.0 Å². The summed E-state index contributed by atoms with van der Waals surface area (Å²) >= 11 is 0. The molecule has 0 aliphatic carbocycles. The molecule has 110 valence electrons. The number of aryl methyl sites for hydroxylation is 1. The fourth-order valence-electron chi connectivity index (χ4n) is 3.42. The molecule has 7 heteroatoms. The maximum absolute atomic E-state index is 12.0. The van der Waals surface area contributed by atoms with E-state index in [4.69, 9.17) is 0 Å². The fraction of sp³-hybridized carbons (Fsp3) is 0.692. The summed E-state index contributed by atoms with van der Waals surface area (Å²) in [7, 11) is -3.14. The Morgan fingerprint density at radius 1 is 1.20 bits per heavy atom. The first-order chi connectivity index (χ1) is 9.41. The second kappa shape index (κ2) is 4.66. The third kappa shape index (κ3) is 2.29. The van der Waals surface area contributed by atoms with Crippen LogP contribution in [-0.4, -0.2) is 54.1 Å². The van der Waals surface area contributed by atoms with E-state index in [-0.39, 0.29) is 5.54 Å². The van der Waals surface area contributed by atoms with E-state index in [1.807, 2.05) is 6.92 Å². The van der Waals surface area contributed by atoms with E-state index < -0.39 is 10.0 Å². The number of nitrogens with zero attached hydrogens (tertiary/aromatic N) is 4. The Hall–Kier alpha value is -1.21. The van der Waals surface area contributed by atoms with Gasteiger partial charge in [-0.05, 0) is 31.7 Å². The summed E-state index contributed by atoms with van der Waals surface area (Å²) in [5, 5.41) is 0. The first-order valence-electron chi connectivity index (χ1n) is 6.92. The summed E-state index contributed by atoms with van der Waals surface area (Å²) in [5.74, 6) is 0.702. The molecule has 0 unspecified atom stereocenters. The Bertz CT molecular complexity index is 601. The van der Waals surface area contributed by atoms with Crippen LogP contribution in [0, 0.1) is 6.92 Å². The zero-order valence-corrected chi connectivity index (χ0v) is 12.7. The van der Waals surface area contributed by atoms with Gasteiger partial charge in [-0.2, -0.15) is 4.31 Å². The molecule has 1 aromatic rings. The van der Waals surface area contributed by atoms with Crippen molar-refractivity contribution >= 4 is 16.0 Å². The Morgan fingerprint density at radius 2 is 1.90 bits per heavy atom. The van der Waals surface area contributed by atoms with Gasteiger partial charge in [0.05, 0.1) is 11.8 Å². The molecule has 0 amide bonds. The number of sulfonamides is 1. The summed E-state index contributed by atoms with van der Waals surface area (Å²) in [6.07, 6.45) is 7.65. The largest absolute Gasteiger partial charge is 0.339 e. The monoisotopic (exact) mass is 296 g/mol. The minimum Gasteiger partial charge on any atom is -0.339 e. The standard InChI is InChI=1S/C13H20N4O2S/c1-11-8-14-12(15-9-11)16-7-5-13(10-16)4-3-6-17(13)20(2,18)19/h8-9H,3-7,10H2,1-2H3/t13-/m0/s1. The second-order valence-electron chi connectivity index (χ2n) is 5.89. The van der Waals surface area contributed by atoms with Crippen LogP contribution >= 0.6 is 0 Å². The van der Waals surface area contributed by atoms with Crippen LogP contribution in [0.25, 0.3) is 0 Å². The lowest BCUT2D eigenvalue weighted by Gasteiger charge is -2.33. The van der Waals surface area contributed by atoms with E-state index in [9.17, 15) is 8.42 Å². The third-order valence-electron chi connectivity index (χ3n) is 4.32. The molecule has 0 aromatic carbocycles. The maximum atomic E-state index is 12.0. The van der Waals surface area contributed by atoms with Gasteiger partial charge in [0.15, 0.2) is 0 Å². The van der Waals surface area contributed by atoms with Crippen LogP contribution < -0.4 is 4.90 Å². The van der Waals surface area contributed by atoms with Crippen LogP contribution in [0.5, 0.6) is 0 Å². The molecule has 0 radical (unpaired) electrons. The zero-order valence-electron chi connectivity index (χ0n) is 11.9. The van der Waals surface area contributed by atoms with Gasteiger partial charge in [0.2, 0.25) is 16.0 Å². The van der Waals surface area contributed by atoms with Crippen molar-refractivity contribution in [2.24, 2.45) is 0 Å². The minimum atomic E-state index is -3.14. The SMILES string of the molecule is Cc1cnc(N2CC[C@@]3(CCCN3S(C)(=O)=O)C2)nc1. The quantitative estimate of drug-likeness (QED) is 0.807. The van der Waals surface area contributed by atoms with Crippen LogP contribution in [0.1, 0.15) is 24.8 Å². The van der Waals surface area contributed by atoms with E-state index in [1.54, 1.807) is 16.7 Å². The lowest BCUT2D eigenvalue weighted by atomic mass is 9.97. The van der Waals surface area contributed by atoms with Crippen molar-refractivity contribution in [3.63, 3.8) is 0 Å². The number of aromatic nitrogens is 2. The summed E-state index contributed by atoms with van der Waals surface area (Å²) in [5.41, 5.74) is 0.781. The molecule has 2 saturated heterocycles. The molecular weight excluding hydrogens is 276 g/mol. The molecule has 1 aromatic heterocycles. The summed E-state index contributed by atoms with van der Waals surface area (Å²) in [6, 6.07) is 0. The smallest absolute Gasteiger partial charge is 0.225 e. The Morgan fingerprint density at radius 3 is 2.55 bits per heavy atom. The number of hydrogen-bond donors (Lipinski definition) is 0. The van der Waals surface area contributed by atoms with Gasteiger partial charge >= 0.3 is 0 Å². The molecule has 3 rings (SSSR count). The van der Waals surface area contributed by atoms with Gasteiger partial charge in [0.25, 0.3) is 0 Å². The van der Waals surface area contributed by atoms with Crippen LogP contribution in [0.15, 0.2) is 12.4 Å². The van der Waals surface area contributed by atoms with Gasteiger partial charge in [0.1, 0.15) is 0 Å². The molecular formula is C13H20N4O2S. The highest BCUT2D eigenvalue weighted by Crippen LogP contribution is 2.39. The maximum Gasteiger partial charge on any atom is 0.225 e. The molecule has 2 aliphatic heterocycles. The number of rotatable bonds is 2. The highest BCUT2D eigenvalue weighted by atomic mass is 32.2. The summed E-state index contributed by atoms with van der Waals surface area (Å²) < 4.78 is 25.6. The van der Waals surface area contributed by atoms with Crippen LogP contribution in [0.3, 0.4) is 0 Å². The van der Waals surface area contributed by atoms with Gasteiger partial charge in [-0.3, -0.25) is 0 Å². The molecule has 20 heavy (non-hydrogen) atoms. The van der Waals surface area contributed by atoms with Gasteiger partial charge < -0.3 is 4.90 Å². The van der Waals surface area contributed by atoms with E-state index >= 15 is 0 Å². The molecule has 1 atom stereocenters. The highest BCUT2D eigenvalue weighted by Gasteiger charge is 2.50. The Labute approximate surface area is 119 Å². The van der Waals surface area contributed by atoms with Crippen LogP contribution in [0.2, 0.25) is 0 Å². The van der Waals surface area contributed by atoms with Crippen molar-refractivity contribution in [1.29, 1.82) is 0 Å². The molecule has 3 heterocycles. The lowest BCUT2D eigenvalue weighted by Crippen LogP contribution is -2.48. The molecule has 0 N–H and O–H groups in total. The van der Waals surface area contributed by atoms with Crippen LogP contribution in [0.4, 0.5) is 5.95 Å². The summed E-state index contributed by atoms with van der Waals surface area (Å²) in [6.45, 7) is 4.11. The van der Waals surface area contributed by atoms with Gasteiger partial charge in [-0.25, -0.2) is 18.4 Å². The van der Waals surface area contributed by atoms with Crippen molar-refractivity contribution in [2.75, 3.05) is 30.8 Å². The molecule has 0 saturated carbocycles. The minimum absolute atomic E-state index is 0.248. The summed E-state index contributed by atoms with van der Waals surface area (Å²) in [4.78, 5) is 10.8. The Balaban J connectivity index is 1.84. The average Bonchev–Trinajstić information content (AvgIpc) is 2.98. The topological polar surface area (TPSA) is 66.4 Å². The third-order valence-corrected chi connectivity index (χ3v) is 5.69. The first kappa shape index (κ1) is 13.8. The molecule has 0 bridgehead atoms. The van der Waals surface area contributed by atoms with Crippen molar-refractivity contribution in [3.8, 4) is 0 Å². The van der Waals surface area contributed by atoms with E-state index in [1.165, 1.54) is 6.26 Å². The van der Waals surface area contributed by atoms with Gasteiger partial charge in [-0.15, -0.1) is 0 Å². The van der Waals surface area contributed by atoms with E-state index in [0.717, 1.165) is 31.4 Å². The van der Waals surface area contributed by atoms with Crippen molar-refractivity contribution < 1.29 is 8.42 Å². The molecule has 6 nitrogen and oxygen atoms in total. The predicted octanol–water partition coefficient (Wildman–Crippen LogP) is 0.789. The molecule has 2 fully saturated rings. The number of hydrogen-bond acceptors (Lipinski definition) is 5. The average molecular weight is 296 g/mol. The molecule has 2 aliphatic rings. The second-order valence-corrected chi connectivity index (χ2v) is 7.80. The Kier molecular flexibility index (Phi) is 3.21. The first-order valence-corrected chi connectivity index (χ1v) is 8.77. The van der Waals surface area contributed by atoms with Gasteiger partial charge in [-0.1, -0.05) is 0 Å². The lowest BCUT2D eigenvalue weighted by molar-refractivity contribution is 0.269. The molecule has 1 spiro atoms. The predicted molar refractivity (Wildman–Crippen MR) is 77.1 cm³/mol. The van der Waals surface area contributed by atoms with Gasteiger partial charge in [0, 0.05) is 32.0 Å². The van der Waals surface area contributed by atoms with Crippen LogP contribution in [-0.2, 0) is 10.0 Å². The zero-order chi connectivity index (χ0) is 14.4. The fourth-order valence-corrected chi connectivity index (χ4v) is 4.82. The van der Waals surface area contributed by atoms with Crippen molar-refractivity contribution in [1.82, 2.24) is 14.3 Å². The van der Waals surface area contributed by atoms with Crippen molar-refractivity contribution in [2.45, 2.75) is 31.7 Å². The van der Waals surface area contributed by atoms with E-state index in [2.05, 4.69) is 14.9 Å². The highest BCUT2D eigenvalue weighted by molar-refractivity contribution is 7.88. The van der Waals surface area contributed by atoms with Crippen molar-refractivity contribution in [3.05, 3.63) is 18.0 Å².